The van der Waals surface area contributed by atoms with Gasteiger partial charge in [0.15, 0.2) is 0 Å². The number of hydrogen-bond donors (Lipinski definition) is 1. The van der Waals surface area contributed by atoms with E-state index < -0.39 is 5.97 Å². The molecule has 0 unspecified atom stereocenters. The summed E-state index contributed by atoms with van der Waals surface area (Å²) in [6.07, 6.45) is 3.49. The van der Waals surface area contributed by atoms with Crippen LogP contribution in [0, 0.1) is 0 Å². The third-order valence-electron chi connectivity index (χ3n) is 4.07. The van der Waals surface area contributed by atoms with Crippen molar-refractivity contribution >= 4 is 5.97 Å². The number of aromatic carboxylic acids is 1. The van der Waals surface area contributed by atoms with Gasteiger partial charge in [-0.15, -0.1) is 0 Å². The summed E-state index contributed by atoms with van der Waals surface area (Å²) in [5.74, 6) is 0.0194. The second-order valence-electron chi connectivity index (χ2n) is 6.06. The molecule has 0 atom stereocenters. The zero-order valence-electron chi connectivity index (χ0n) is 12.2. The fourth-order valence-electron chi connectivity index (χ4n) is 2.51. The molecule has 4 heteroatoms. The lowest BCUT2D eigenvalue weighted by molar-refractivity contribution is 0.0694. The first kappa shape index (κ1) is 13.7. The van der Waals surface area contributed by atoms with Crippen LogP contribution in [0.4, 0.5) is 0 Å². The average Bonchev–Trinajstić information content (AvgIpc) is 3.32. The second kappa shape index (κ2) is 4.95. The largest absolute Gasteiger partial charge is 0.478 e. The molecule has 0 bridgehead atoms. The van der Waals surface area contributed by atoms with Gasteiger partial charge in [0.25, 0.3) is 0 Å². The molecule has 3 rings (SSSR count). The molecule has 2 aromatic rings. The molecule has 1 aromatic carbocycles. The van der Waals surface area contributed by atoms with E-state index in [1.165, 1.54) is 6.20 Å². The van der Waals surface area contributed by atoms with Gasteiger partial charge in [-0.1, -0.05) is 30.3 Å². The topological polar surface area (TPSA) is 63.1 Å². The molecular weight excluding hydrogens is 264 g/mol. The SMILES string of the molecule is CC(C)(c1ccccc1)c1ncc(C(=O)O)c(C2CC2)n1. The first-order valence-corrected chi connectivity index (χ1v) is 7.16. The molecule has 0 radical (unpaired) electrons. The lowest BCUT2D eigenvalue weighted by Crippen LogP contribution is -2.24. The van der Waals surface area contributed by atoms with Crippen molar-refractivity contribution in [2.45, 2.75) is 38.0 Å². The Morgan fingerprint density at radius 1 is 1.24 bits per heavy atom. The summed E-state index contributed by atoms with van der Waals surface area (Å²) in [4.78, 5) is 20.2. The van der Waals surface area contributed by atoms with Gasteiger partial charge < -0.3 is 5.11 Å². The van der Waals surface area contributed by atoms with Crippen LogP contribution in [0.2, 0.25) is 0 Å². The molecule has 1 fully saturated rings. The Balaban J connectivity index is 2.07. The minimum Gasteiger partial charge on any atom is -0.478 e. The standard InChI is InChI=1S/C17H18N2O2/c1-17(2,12-6-4-3-5-7-12)16-18-10-13(15(20)21)14(19-16)11-8-9-11/h3-7,10-11H,8-9H2,1-2H3,(H,20,21). The van der Waals surface area contributed by atoms with E-state index in [9.17, 15) is 9.90 Å². The highest BCUT2D eigenvalue weighted by atomic mass is 16.4. The van der Waals surface area contributed by atoms with E-state index in [0.717, 1.165) is 18.4 Å². The first-order valence-electron chi connectivity index (χ1n) is 7.16. The highest BCUT2D eigenvalue weighted by molar-refractivity contribution is 5.88. The number of hydrogen-bond acceptors (Lipinski definition) is 3. The molecule has 108 valence electrons. The second-order valence-corrected chi connectivity index (χ2v) is 6.06. The van der Waals surface area contributed by atoms with Crippen LogP contribution in [-0.4, -0.2) is 21.0 Å². The van der Waals surface area contributed by atoms with E-state index in [4.69, 9.17) is 0 Å². The van der Waals surface area contributed by atoms with E-state index >= 15 is 0 Å². The van der Waals surface area contributed by atoms with E-state index in [2.05, 4.69) is 23.8 Å². The lowest BCUT2D eigenvalue weighted by Gasteiger charge is -2.24. The van der Waals surface area contributed by atoms with Gasteiger partial charge in [0.05, 0.1) is 11.3 Å². The van der Waals surface area contributed by atoms with Gasteiger partial charge in [-0.3, -0.25) is 0 Å². The minimum absolute atomic E-state index is 0.241. The van der Waals surface area contributed by atoms with Crippen LogP contribution in [0.3, 0.4) is 0 Å². The van der Waals surface area contributed by atoms with Gasteiger partial charge in [-0.25, -0.2) is 14.8 Å². The zero-order valence-corrected chi connectivity index (χ0v) is 12.2. The van der Waals surface area contributed by atoms with Crippen LogP contribution in [0.15, 0.2) is 36.5 Å². The Kier molecular flexibility index (Phi) is 3.24. The van der Waals surface area contributed by atoms with Crippen LogP contribution in [0.25, 0.3) is 0 Å². The number of nitrogens with zero attached hydrogens (tertiary/aromatic N) is 2. The summed E-state index contributed by atoms with van der Waals surface area (Å²) >= 11 is 0. The number of benzene rings is 1. The molecule has 1 aliphatic rings. The third-order valence-corrected chi connectivity index (χ3v) is 4.07. The Morgan fingerprint density at radius 2 is 1.90 bits per heavy atom. The molecule has 1 heterocycles. The predicted octanol–water partition coefficient (Wildman–Crippen LogP) is 3.38. The van der Waals surface area contributed by atoms with Gasteiger partial charge >= 0.3 is 5.97 Å². The summed E-state index contributed by atoms with van der Waals surface area (Å²) < 4.78 is 0. The molecule has 1 aliphatic carbocycles. The maximum Gasteiger partial charge on any atom is 0.339 e. The number of rotatable bonds is 4. The Morgan fingerprint density at radius 3 is 2.48 bits per heavy atom. The number of carboxylic acids is 1. The van der Waals surface area contributed by atoms with Crippen molar-refractivity contribution in [3.8, 4) is 0 Å². The van der Waals surface area contributed by atoms with E-state index in [0.29, 0.717) is 11.5 Å². The van der Waals surface area contributed by atoms with Gasteiger partial charge in [0, 0.05) is 17.5 Å². The Hall–Kier alpha value is -2.23. The number of carboxylic acid groups (broad SMARTS) is 1. The molecule has 4 nitrogen and oxygen atoms in total. The molecule has 0 aliphatic heterocycles. The molecule has 0 saturated heterocycles. The van der Waals surface area contributed by atoms with Gasteiger partial charge in [-0.2, -0.15) is 0 Å². The molecule has 1 saturated carbocycles. The van der Waals surface area contributed by atoms with Crippen LogP contribution in [-0.2, 0) is 5.41 Å². The molecule has 0 amide bonds. The quantitative estimate of drug-likeness (QED) is 0.933. The van der Waals surface area contributed by atoms with Crippen LogP contribution in [0.5, 0.6) is 0 Å². The summed E-state index contributed by atoms with van der Waals surface area (Å²) in [6, 6.07) is 10.1. The van der Waals surface area contributed by atoms with Crippen molar-refractivity contribution in [1.82, 2.24) is 9.97 Å². The Labute approximate surface area is 123 Å². The molecule has 1 aromatic heterocycles. The monoisotopic (exact) mass is 282 g/mol. The molecule has 1 N–H and O–H groups in total. The summed E-state index contributed by atoms with van der Waals surface area (Å²) in [7, 11) is 0. The fourth-order valence-corrected chi connectivity index (χ4v) is 2.51. The van der Waals surface area contributed by atoms with Crippen LogP contribution < -0.4 is 0 Å². The zero-order chi connectivity index (χ0) is 15.0. The smallest absolute Gasteiger partial charge is 0.339 e. The molecule has 0 spiro atoms. The summed E-state index contributed by atoms with van der Waals surface area (Å²) in [6.45, 7) is 4.13. The van der Waals surface area contributed by atoms with Gasteiger partial charge in [-0.05, 0) is 32.3 Å². The first-order chi connectivity index (χ1) is 10.00. The number of aromatic nitrogens is 2. The highest BCUT2D eigenvalue weighted by Crippen LogP contribution is 2.41. The van der Waals surface area contributed by atoms with Crippen molar-refractivity contribution in [3.63, 3.8) is 0 Å². The van der Waals surface area contributed by atoms with Crippen LogP contribution in [0.1, 0.15) is 60.0 Å². The maximum atomic E-state index is 11.3. The summed E-state index contributed by atoms with van der Waals surface area (Å²) in [5.41, 5.74) is 1.71. The van der Waals surface area contributed by atoms with Gasteiger partial charge in [0.1, 0.15) is 5.82 Å². The maximum absolute atomic E-state index is 11.3. The summed E-state index contributed by atoms with van der Waals surface area (Å²) in [5, 5.41) is 9.27. The van der Waals surface area contributed by atoms with Crippen molar-refractivity contribution in [3.05, 3.63) is 59.2 Å². The highest BCUT2D eigenvalue weighted by Gasteiger charge is 2.33. The average molecular weight is 282 g/mol. The van der Waals surface area contributed by atoms with Crippen LogP contribution >= 0.6 is 0 Å². The third kappa shape index (κ3) is 2.53. The molecular formula is C17H18N2O2. The Bertz CT molecular complexity index is 676. The van der Waals surface area contributed by atoms with Crippen molar-refractivity contribution < 1.29 is 9.90 Å². The minimum atomic E-state index is -0.944. The van der Waals surface area contributed by atoms with E-state index in [1.54, 1.807) is 0 Å². The fraction of sp³-hybridized carbons (Fsp3) is 0.353. The molecule has 21 heavy (non-hydrogen) atoms. The van der Waals surface area contributed by atoms with E-state index in [1.807, 2.05) is 30.3 Å². The van der Waals surface area contributed by atoms with E-state index in [-0.39, 0.29) is 16.9 Å². The van der Waals surface area contributed by atoms with Crippen molar-refractivity contribution in [2.75, 3.05) is 0 Å². The van der Waals surface area contributed by atoms with Crippen molar-refractivity contribution in [2.24, 2.45) is 0 Å². The van der Waals surface area contributed by atoms with Gasteiger partial charge in [0.2, 0.25) is 0 Å². The normalized spacial score (nSPS) is 15.0. The number of carbonyl (C=O) groups is 1. The van der Waals surface area contributed by atoms with Crippen molar-refractivity contribution in [1.29, 1.82) is 0 Å². The predicted molar refractivity (Wildman–Crippen MR) is 79.5 cm³/mol. The lowest BCUT2D eigenvalue weighted by atomic mass is 9.83.